The second kappa shape index (κ2) is 8.88. The summed E-state index contributed by atoms with van der Waals surface area (Å²) < 4.78 is 1.69. The van der Waals surface area contributed by atoms with E-state index < -0.39 is 12.0 Å². The molecule has 3 N–H and O–H groups in total. The fraction of sp³-hybridized carbons (Fsp3) is 0.217. The minimum atomic E-state index is -1.01. The molecule has 4 rings (SSSR count). The van der Waals surface area contributed by atoms with Gasteiger partial charge in [0, 0.05) is 11.4 Å². The van der Waals surface area contributed by atoms with Gasteiger partial charge in [0.1, 0.15) is 6.04 Å². The maximum Gasteiger partial charge on any atom is 0.335 e. The minimum Gasteiger partial charge on any atom is -0.478 e. The highest BCUT2D eigenvalue weighted by Crippen LogP contribution is 2.37. The molecule has 9 heteroatoms. The summed E-state index contributed by atoms with van der Waals surface area (Å²) in [5.74, 6) is 0.0870. The number of benzene rings is 2. The van der Waals surface area contributed by atoms with Gasteiger partial charge in [0.2, 0.25) is 11.1 Å². The molecule has 2 aromatic carbocycles. The molecule has 1 aromatic heterocycles. The molecule has 8 nitrogen and oxygen atoms in total. The first-order valence-electron chi connectivity index (χ1n) is 10.2. The van der Waals surface area contributed by atoms with Crippen molar-refractivity contribution in [1.29, 1.82) is 0 Å². The van der Waals surface area contributed by atoms with Gasteiger partial charge in [0.15, 0.2) is 0 Å². The van der Waals surface area contributed by atoms with Crippen molar-refractivity contribution in [2.45, 2.75) is 32.0 Å². The van der Waals surface area contributed by atoms with E-state index in [1.54, 1.807) is 16.8 Å². The van der Waals surface area contributed by atoms with Crippen LogP contribution < -0.4 is 10.6 Å². The van der Waals surface area contributed by atoms with E-state index in [0.29, 0.717) is 22.4 Å². The topological polar surface area (TPSA) is 109 Å². The van der Waals surface area contributed by atoms with Gasteiger partial charge < -0.3 is 15.7 Å². The number of anilines is 2. The number of allylic oxidation sites excluding steroid dienone is 1. The second-order valence-electron chi connectivity index (χ2n) is 7.36. The highest BCUT2D eigenvalue weighted by Gasteiger charge is 2.34. The molecule has 0 radical (unpaired) electrons. The van der Waals surface area contributed by atoms with E-state index in [2.05, 4.69) is 20.7 Å². The number of rotatable bonds is 6. The summed E-state index contributed by atoms with van der Waals surface area (Å²) in [4.78, 5) is 29.3. The number of fused-ring (bicyclic) bond motifs is 1. The van der Waals surface area contributed by atoms with Crippen molar-refractivity contribution in [3.8, 4) is 0 Å². The zero-order valence-corrected chi connectivity index (χ0v) is 18.7. The highest BCUT2D eigenvalue weighted by molar-refractivity contribution is 7.99. The number of amides is 1. The maximum atomic E-state index is 13.5. The Labute approximate surface area is 189 Å². The first-order chi connectivity index (χ1) is 15.4. The normalized spacial score (nSPS) is 15.2. The van der Waals surface area contributed by atoms with Gasteiger partial charge in [0.25, 0.3) is 5.91 Å². The molecule has 0 fully saturated rings. The van der Waals surface area contributed by atoms with E-state index in [9.17, 15) is 14.7 Å². The van der Waals surface area contributed by atoms with Crippen LogP contribution in [0.15, 0.2) is 65.0 Å². The van der Waals surface area contributed by atoms with Gasteiger partial charge in [-0.05, 0) is 48.9 Å². The Hall–Kier alpha value is -3.59. The predicted octanol–water partition coefficient (Wildman–Crippen LogP) is 4.32. The standard InChI is InChI=1S/C23H23N5O3S/c1-4-32-23-26-22-24-14(3)18(20(29)25-17-8-6-5-7-13(17)2)19(28(22)27-23)15-9-11-16(12-10-15)21(30)31/h5-12,19H,4H2,1-3H3,(H,25,29)(H,30,31)(H,24,26,27)/t19-/m0/s1. The van der Waals surface area contributed by atoms with Crippen LogP contribution in [0.5, 0.6) is 0 Å². The number of hydrogen-bond donors (Lipinski definition) is 3. The molecule has 164 valence electrons. The fourth-order valence-corrected chi connectivity index (χ4v) is 4.19. The number of carbonyl (C=O) groups excluding carboxylic acids is 1. The Morgan fingerprint density at radius 3 is 2.53 bits per heavy atom. The molecule has 0 bridgehead atoms. The Bertz CT molecular complexity index is 1220. The number of para-hydroxylation sites is 1. The maximum absolute atomic E-state index is 13.5. The molecule has 2 heterocycles. The number of hydrogen-bond acceptors (Lipinski definition) is 6. The average molecular weight is 450 g/mol. The SMILES string of the molecule is CCSc1nc2n(n1)[C@@H](c1ccc(C(=O)O)cc1)C(C(=O)Nc1ccccc1C)=C(C)N2. The van der Waals surface area contributed by atoms with Crippen molar-refractivity contribution >= 4 is 35.3 Å². The molecule has 1 aliphatic heterocycles. The third kappa shape index (κ3) is 4.11. The van der Waals surface area contributed by atoms with E-state index in [-0.39, 0.29) is 11.5 Å². The van der Waals surface area contributed by atoms with Crippen LogP contribution >= 0.6 is 11.8 Å². The molecule has 0 saturated heterocycles. The molecule has 0 unspecified atom stereocenters. The lowest BCUT2D eigenvalue weighted by Gasteiger charge is -2.29. The zero-order valence-electron chi connectivity index (χ0n) is 17.9. The van der Waals surface area contributed by atoms with Crippen LogP contribution in [0.2, 0.25) is 0 Å². The lowest BCUT2D eigenvalue weighted by Crippen LogP contribution is -2.31. The summed E-state index contributed by atoms with van der Waals surface area (Å²) in [7, 11) is 0. The van der Waals surface area contributed by atoms with E-state index in [0.717, 1.165) is 22.6 Å². The van der Waals surface area contributed by atoms with Crippen LogP contribution in [0.1, 0.15) is 41.4 Å². The number of carboxylic acids is 1. The van der Waals surface area contributed by atoms with Crippen molar-refractivity contribution in [2.75, 3.05) is 16.4 Å². The number of carbonyl (C=O) groups is 2. The van der Waals surface area contributed by atoms with Gasteiger partial charge in [-0.25, -0.2) is 9.48 Å². The molecule has 0 spiro atoms. The number of aryl methyl sites for hydroxylation is 1. The summed E-state index contributed by atoms with van der Waals surface area (Å²) in [6, 6.07) is 13.5. The minimum absolute atomic E-state index is 0.176. The molecule has 1 amide bonds. The number of aromatic nitrogens is 3. The van der Waals surface area contributed by atoms with E-state index in [1.165, 1.54) is 23.9 Å². The number of aromatic carboxylic acids is 1. The first-order valence-corrected chi connectivity index (χ1v) is 11.1. The summed E-state index contributed by atoms with van der Waals surface area (Å²) in [5.41, 5.74) is 3.75. The van der Waals surface area contributed by atoms with Crippen LogP contribution in [0.25, 0.3) is 0 Å². The van der Waals surface area contributed by atoms with E-state index in [4.69, 9.17) is 0 Å². The van der Waals surface area contributed by atoms with E-state index >= 15 is 0 Å². The fourth-order valence-electron chi connectivity index (χ4n) is 3.63. The lowest BCUT2D eigenvalue weighted by molar-refractivity contribution is -0.113. The van der Waals surface area contributed by atoms with Crippen molar-refractivity contribution in [3.63, 3.8) is 0 Å². The molecule has 0 saturated carbocycles. The molecule has 3 aromatic rings. The van der Waals surface area contributed by atoms with Crippen LogP contribution in [-0.2, 0) is 4.79 Å². The Kier molecular flexibility index (Phi) is 6.00. The van der Waals surface area contributed by atoms with Crippen molar-refractivity contribution in [2.24, 2.45) is 0 Å². The number of nitrogens with zero attached hydrogens (tertiary/aromatic N) is 3. The van der Waals surface area contributed by atoms with Crippen LogP contribution in [0.3, 0.4) is 0 Å². The average Bonchev–Trinajstić information content (AvgIpc) is 3.16. The van der Waals surface area contributed by atoms with Crippen molar-refractivity contribution in [1.82, 2.24) is 14.8 Å². The van der Waals surface area contributed by atoms with Gasteiger partial charge in [0.05, 0.1) is 11.1 Å². The third-order valence-electron chi connectivity index (χ3n) is 5.22. The Morgan fingerprint density at radius 2 is 1.88 bits per heavy atom. The van der Waals surface area contributed by atoms with Gasteiger partial charge in [-0.1, -0.05) is 49.0 Å². The highest BCUT2D eigenvalue weighted by atomic mass is 32.2. The molecule has 32 heavy (non-hydrogen) atoms. The smallest absolute Gasteiger partial charge is 0.335 e. The third-order valence-corrected chi connectivity index (χ3v) is 5.94. The zero-order chi connectivity index (χ0) is 22.8. The van der Waals surface area contributed by atoms with Crippen molar-refractivity contribution in [3.05, 3.63) is 76.5 Å². The van der Waals surface area contributed by atoms with Crippen LogP contribution in [-0.4, -0.2) is 37.5 Å². The number of carboxylic acid groups (broad SMARTS) is 1. The molecular weight excluding hydrogens is 426 g/mol. The summed E-state index contributed by atoms with van der Waals surface area (Å²) in [6.45, 7) is 5.78. The Balaban J connectivity index is 1.79. The molecule has 0 aliphatic carbocycles. The van der Waals surface area contributed by atoms with Gasteiger partial charge >= 0.3 is 5.97 Å². The number of thioether (sulfide) groups is 1. The number of nitrogens with one attached hydrogen (secondary N) is 2. The predicted molar refractivity (Wildman–Crippen MR) is 124 cm³/mol. The monoisotopic (exact) mass is 449 g/mol. The van der Waals surface area contributed by atoms with Crippen molar-refractivity contribution < 1.29 is 14.7 Å². The largest absolute Gasteiger partial charge is 0.478 e. The second-order valence-corrected chi connectivity index (χ2v) is 8.59. The quantitative estimate of drug-likeness (QED) is 0.481. The van der Waals surface area contributed by atoms with E-state index in [1.807, 2.05) is 45.0 Å². The van der Waals surface area contributed by atoms with Gasteiger partial charge in [-0.2, -0.15) is 4.98 Å². The molecule has 1 aliphatic rings. The van der Waals surface area contributed by atoms with Crippen LogP contribution in [0, 0.1) is 6.92 Å². The molecule has 1 atom stereocenters. The summed E-state index contributed by atoms with van der Waals surface area (Å²) in [5, 5.41) is 20.7. The van der Waals surface area contributed by atoms with Crippen LogP contribution in [0.4, 0.5) is 11.6 Å². The summed E-state index contributed by atoms with van der Waals surface area (Å²) in [6.07, 6.45) is 0. The summed E-state index contributed by atoms with van der Waals surface area (Å²) >= 11 is 1.51. The first kappa shape index (κ1) is 21.6. The lowest BCUT2D eigenvalue weighted by atomic mass is 9.94. The Morgan fingerprint density at radius 1 is 1.16 bits per heavy atom. The van der Waals surface area contributed by atoms with Gasteiger partial charge in [-0.3, -0.25) is 4.79 Å². The van der Waals surface area contributed by atoms with Gasteiger partial charge in [-0.15, -0.1) is 5.10 Å². The molecular formula is C23H23N5O3S.